The third-order valence-corrected chi connectivity index (χ3v) is 3.54. The van der Waals surface area contributed by atoms with Crippen LogP contribution in [0.25, 0.3) is 0 Å². The first-order valence-corrected chi connectivity index (χ1v) is 7.59. The third-order valence-electron chi connectivity index (χ3n) is 3.54. The van der Waals surface area contributed by atoms with E-state index in [1.165, 1.54) is 24.9 Å². The minimum atomic E-state index is 0.494. The SMILES string of the molecule is CC(C)CN(Cc1ccoc1CNC(C)C)C1CC1. The summed E-state index contributed by atoms with van der Waals surface area (Å²) in [5, 5.41) is 3.43. The fraction of sp³-hybridized carbons (Fsp3) is 0.750. The van der Waals surface area contributed by atoms with Gasteiger partial charge in [0.25, 0.3) is 0 Å². The molecule has 0 aromatic carbocycles. The molecule has 1 aromatic rings. The molecule has 3 heteroatoms. The van der Waals surface area contributed by atoms with Gasteiger partial charge in [0.2, 0.25) is 0 Å². The molecule has 1 saturated carbocycles. The maximum absolute atomic E-state index is 5.63. The molecule has 1 N–H and O–H groups in total. The Morgan fingerprint density at radius 1 is 1.32 bits per heavy atom. The lowest BCUT2D eigenvalue weighted by molar-refractivity contribution is 0.224. The van der Waals surface area contributed by atoms with Gasteiger partial charge in [-0.2, -0.15) is 0 Å². The molecule has 19 heavy (non-hydrogen) atoms. The van der Waals surface area contributed by atoms with Crippen molar-refractivity contribution < 1.29 is 4.42 Å². The Kier molecular flexibility index (Phi) is 5.06. The van der Waals surface area contributed by atoms with Gasteiger partial charge < -0.3 is 9.73 Å². The van der Waals surface area contributed by atoms with Crippen LogP contribution < -0.4 is 5.32 Å². The molecule has 0 atom stereocenters. The van der Waals surface area contributed by atoms with Gasteiger partial charge in [-0.1, -0.05) is 27.7 Å². The first-order chi connectivity index (χ1) is 9.06. The van der Waals surface area contributed by atoms with Gasteiger partial charge in [-0.3, -0.25) is 4.90 Å². The molecular formula is C16H28N2O. The minimum Gasteiger partial charge on any atom is -0.468 e. The van der Waals surface area contributed by atoms with Gasteiger partial charge in [0.1, 0.15) is 5.76 Å². The molecule has 0 aliphatic heterocycles. The molecule has 0 radical (unpaired) electrons. The van der Waals surface area contributed by atoms with Crippen LogP contribution in [0.3, 0.4) is 0 Å². The number of hydrogen-bond donors (Lipinski definition) is 1. The lowest BCUT2D eigenvalue weighted by Gasteiger charge is -2.24. The summed E-state index contributed by atoms with van der Waals surface area (Å²) in [6.45, 7) is 12.0. The maximum atomic E-state index is 5.63. The molecule has 0 spiro atoms. The first-order valence-electron chi connectivity index (χ1n) is 7.59. The van der Waals surface area contributed by atoms with Gasteiger partial charge >= 0.3 is 0 Å². The highest BCUT2D eigenvalue weighted by molar-refractivity contribution is 5.17. The average Bonchev–Trinajstić information content (AvgIpc) is 3.07. The maximum Gasteiger partial charge on any atom is 0.122 e. The summed E-state index contributed by atoms with van der Waals surface area (Å²) in [7, 11) is 0. The van der Waals surface area contributed by atoms with Gasteiger partial charge in [0.05, 0.1) is 12.8 Å². The van der Waals surface area contributed by atoms with Crippen LogP contribution in [-0.2, 0) is 13.1 Å². The van der Waals surface area contributed by atoms with Crippen LogP contribution in [0.1, 0.15) is 51.9 Å². The zero-order chi connectivity index (χ0) is 13.8. The molecule has 2 rings (SSSR count). The summed E-state index contributed by atoms with van der Waals surface area (Å²) >= 11 is 0. The lowest BCUT2D eigenvalue weighted by atomic mass is 10.1. The molecule has 108 valence electrons. The largest absolute Gasteiger partial charge is 0.468 e. The van der Waals surface area contributed by atoms with Gasteiger partial charge in [0, 0.05) is 30.7 Å². The fourth-order valence-corrected chi connectivity index (χ4v) is 2.43. The Bertz CT molecular complexity index is 380. The van der Waals surface area contributed by atoms with E-state index in [9.17, 15) is 0 Å². The second kappa shape index (κ2) is 6.58. The predicted molar refractivity (Wildman–Crippen MR) is 79.0 cm³/mol. The van der Waals surface area contributed by atoms with E-state index < -0.39 is 0 Å². The molecule has 1 fully saturated rings. The first kappa shape index (κ1) is 14.6. The Hall–Kier alpha value is -0.800. The molecule has 1 aromatic heterocycles. The van der Waals surface area contributed by atoms with E-state index >= 15 is 0 Å². The molecule has 1 aliphatic carbocycles. The van der Waals surface area contributed by atoms with Gasteiger partial charge in [-0.15, -0.1) is 0 Å². The van der Waals surface area contributed by atoms with Crippen molar-refractivity contribution in [1.82, 2.24) is 10.2 Å². The number of furan rings is 1. The van der Waals surface area contributed by atoms with E-state index in [0.717, 1.165) is 30.8 Å². The summed E-state index contributed by atoms with van der Waals surface area (Å²) < 4.78 is 5.63. The van der Waals surface area contributed by atoms with Crippen molar-refractivity contribution in [3.8, 4) is 0 Å². The van der Waals surface area contributed by atoms with E-state index in [-0.39, 0.29) is 0 Å². The van der Waals surface area contributed by atoms with Crippen LogP contribution in [0.15, 0.2) is 16.7 Å². The Morgan fingerprint density at radius 2 is 2.05 bits per heavy atom. The number of nitrogens with one attached hydrogen (secondary N) is 1. The standard InChI is InChI=1S/C16H28N2O/c1-12(2)10-18(15-5-6-15)11-14-7-8-19-16(14)9-17-13(3)4/h7-8,12-13,15,17H,5-6,9-11H2,1-4H3. The van der Waals surface area contributed by atoms with E-state index in [2.05, 4.69) is 44.0 Å². The van der Waals surface area contributed by atoms with Crippen LogP contribution in [0.2, 0.25) is 0 Å². The van der Waals surface area contributed by atoms with Crippen LogP contribution in [0, 0.1) is 5.92 Å². The molecule has 1 heterocycles. The quantitative estimate of drug-likeness (QED) is 0.780. The average molecular weight is 264 g/mol. The Balaban J connectivity index is 1.94. The highest BCUT2D eigenvalue weighted by Crippen LogP contribution is 2.29. The Labute approximate surface area is 117 Å². The summed E-state index contributed by atoms with van der Waals surface area (Å²) in [6, 6.07) is 3.43. The molecule has 0 saturated heterocycles. The summed E-state index contributed by atoms with van der Waals surface area (Å²) in [6.07, 6.45) is 4.56. The number of rotatable bonds is 8. The van der Waals surface area contributed by atoms with Crippen LogP contribution in [0.5, 0.6) is 0 Å². The van der Waals surface area contributed by atoms with Crippen molar-refractivity contribution in [2.75, 3.05) is 6.54 Å². The second-order valence-corrected chi connectivity index (χ2v) is 6.46. The summed E-state index contributed by atoms with van der Waals surface area (Å²) in [5.74, 6) is 1.83. The Morgan fingerprint density at radius 3 is 2.63 bits per heavy atom. The zero-order valence-electron chi connectivity index (χ0n) is 12.8. The lowest BCUT2D eigenvalue weighted by Crippen LogP contribution is -2.30. The van der Waals surface area contributed by atoms with Crippen LogP contribution in [0.4, 0.5) is 0 Å². The summed E-state index contributed by atoms with van der Waals surface area (Å²) in [5.41, 5.74) is 1.35. The normalized spacial score (nSPS) is 15.9. The van der Waals surface area contributed by atoms with Crippen molar-refractivity contribution in [3.63, 3.8) is 0 Å². The smallest absolute Gasteiger partial charge is 0.122 e. The van der Waals surface area contributed by atoms with Crippen molar-refractivity contribution in [3.05, 3.63) is 23.7 Å². The van der Waals surface area contributed by atoms with Crippen molar-refractivity contribution >= 4 is 0 Å². The topological polar surface area (TPSA) is 28.4 Å². The molecule has 0 bridgehead atoms. The molecule has 3 nitrogen and oxygen atoms in total. The van der Waals surface area contributed by atoms with Gasteiger partial charge in [-0.05, 0) is 24.8 Å². The molecule has 0 unspecified atom stereocenters. The molecular weight excluding hydrogens is 236 g/mol. The van der Waals surface area contributed by atoms with Crippen LogP contribution in [-0.4, -0.2) is 23.5 Å². The van der Waals surface area contributed by atoms with Crippen molar-refractivity contribution in [2.24, 2.45) is 5.92 Å². The van der Waals surface area contributed by atoms with Gasteiger partial charge in [-0.25, -0.2) is 0 Å². The summed E-state index contributed by atoms with van der Waals surface area (Å²) in [4.78, 5) is 2.62. The monoisotopic (exact) mass is 264 g/mol. The van der Waals surface area contributed by atoms with E-state index in [1.807, 2.05) is 6.26 Å². The van der Waals surface area contributed by atoms with E-state index in [0.29, 0.717) is 6.04 Å². The zero-order valence-corrected chi connectivity index (χ0v) is 12.8. The fourth-order valence-electron chi connectivity index (χ4n) is 2.43. The van der Waals surface area contributed by atoms with Crippen LogP contribution >= 0.6 is 0 Å². The predicted octanol–water partition coefficient (Wildman–Crippen LogP) is 3.40. The minimum absolute atomic E-state index is 0.494. The number of nitrogens with zero attached hydrogens (tertiary/aromatic N) is 1. The number of hydrogen-bond acceptors (Lipinski definition) is 3. The van der Waals surface area contributed by atoms with E-state index in [1.54, 1.807) is 0 Å². The van der Waals surface area contributed by atoms with Gasteiger partial charge in [0.15, 0.2) is 0 Å². The van der Waals surface area contributed by atoms with Crippen molar-refractivity contribution in [2.45, 2.75) is 65.7 Å². The third kappa shape index (κ3) is 4.66. The highest BCUT2D eigenvalue weighted by Gasteiger charge is 2.29. The second-order valence-electron chi connectivity index (χ2n) is 6.46. The molecule has 0 amide bonds. The molecule has 1 aliphatic rings. The van der Waals surface area contributed by atoms with Crippen molar-refractivity contribution in [1.29, 1.82) is 0 Å². The van der Waals surface area contributed by atoms with E-state index in [4.69, 9.17) is 4.42 Å². The highest BCUT2D eigenvalue weighted by atomic mass is 16.3.